The van der Waals surface area contributed by atoms with E-state index < -0.39 is 106 Å². The van der Waals surface area contributed by atoms with Crippen molar-refractivity contribution < 1.29 is 93.9 Å². The molecule has 83 heavy (non-hydrogen) atoms. The number of methoxy groups -OCH3 is 4. The molecule has 2 aromatic heterocycles. The molecule has 0 bridgehead atoms. The number of halogens is 13. The summed E-state index contributed by atoms with van der Waals surface area (Å²) < 4.78 is 236. The van der Waals surface area contributed by atoms with Gasteiger partial charge in [0.15, 0.2) is 23.2 Å². The maximum absolute atomic E-state index is 15.2. The van der Waals surface area contributed by atoms with E-state index in [1.54, 1.807) is 24.3 Å². The van der Waals surface area contributed by atoms with Crippen molar-refractivity contribution in [2.24, 2.45) is 0 Å². The van der Waals surface area contributed by atoms with E-state index in [1.807, 2.05) is 0 Å². The van der Waals surface area contributed by atoms with Gasteiger partial charge in [0.25, 0.3) is 20.0 Å². The molecule has 0 saturated heterocycles. The lowest BCUT2D eigenvalue weighted by atomic mass is 10.2. The minimum Gasteiger partial charge on any atom is -0.508 e. The molecule has 0 spiro atoms. The molecule has 0 fully saturated rings. The van der Waals surface area contributed by atoms with Crippen LogP contribution in [-0.2, 0) is 45.5 Å². The number of ether oxygens (including phenoxy) is 5. The fraction of sp³-hybridized carbons (Fsp3) is 0.200. The summed E-state index contributed by atoms with van der Waals surface area (Å²) in [5, 5.41) is 8.59. The highest BCUT2D eigenvalue weighted by Crippen LogP contribution is 2.40. The van der Waals surface area contributed by atoms with Crippen LogP contribution in [0, 0.1) is 29.1 Å². The zero-order valence-corrected chi connectivity index (χ0v) is 47.6. The fourth-order valence-corrected chi connectivity index (χ4v) is 12.0. The molecule has 6 aromatic carbocycles. The molecule has 0 radical (unpaired) electrons. The number of aromatic nitrogens is 4. The van der Waals surface area contributed by atoms with Crippen LogP contribution in [-0.4, -0.2) is 69.1 Å². The third-order valence-corrected chi connectivity index (χ3v) is 16.5. The van der Waals surface area contributed by atoms with Crippen molar-refractivity contribution >= 4 is 85.2 Å². The normalized spacial score (nSPS) is 11.3. The van der Waals surface area contributed by atoms with E-state index >= 15 is 8.78 Å². The average molecular weight is 1380 g/mol. The van der Waals surface area contributed by atoms with Crippen LogP contribution in [0.15, 0.2) is 128 Å². The number of anilines is 2. The molecule has 0 atom stereocenters. The zero-order valence-electron chi connectivity index (χ0n) is 41.2. The van der Waals surface area contributed by atoms with Gasteiger partial charge in [-0.2, -0.15) is 35.1 Å². The van der Waals surface area contributed by atoms with Crippen LogP contribution >= 0.6 is 54.9 Å². The first-order chi connectivity index (χ1) is 38.0. The average Bonchev–Trinajstić information content (AvgIpc) is 3.70. The van der Waals surface area contributed by atoms with Crippen LogP contribution in [0.1, 0.15) is 37.1 Å². The minimum atomic E-state index is -4.81. The third kappa shape index (κ3) is 17.0. The number of hydrogen-bond donors (Lipinski definition) is 1. The lowest BCUT2D eigenvalue weighted by molar-refractivity contribution is -0.138. The summed E-state index contributed by atoms with van der Waals surface area (Å²) in [6.07, 6.45) is -6.93. The molecule has 16 nitrogen and oxygen atoms in total. The van der Waals surface area contributed by atoms with E-state index in [4.69, 9.17) is 28.8 Å². The Hall–Kier alpha value is -7.07. The van der Waals surface area contributed by atoms with Gasteiger partial charge in [0.05, 0.1) is 52.7 Å². The Morgan fingerprint density at radius 2 is 0.928 bits per heavy atom. The van der Waals surface area contributed by atoms with Gasteiger partial charge < -0.3 is 28.8 Å². The van der Waals surface area contributed by atoms with Crippen molar-refractivity contribution in [2.45, 2.75) is 50.1 Å². The lowest BCUT2D eigenvalue weighted by Gasteiger charge is -2.23. The van der Waals surface area contributed by atoms with E-state index in [0.717, 1.165) is 51.0 Å². The van der Waals surface area contributed by atoms with Gasteiger partial charge >= 0.3 is 12.4 Å². The monoisotopic (exact) mass is 1380 g/mol. The van der Waals surface area contributed by atoms with Crippen LogP contribution in [0.25, 0.3) is 0 Å². The SMILES string of the molecule is C.C.COc1ccc(CN(c2ncns2)S(=O)(=O)c2cc(F)c(F)cc2F)c(OC)c1.COc1ccc(CN(c2ncns2)S(=O)(=O)c2cc(F)c(Oc3cc(Br)cc(C(F)(F)F)c3)cc2F)c(OC)c1.Oc1cc(Br)cc(C(F)(F)F)c1. The molecular weight excluding hydrogens is 1340 g/mol. The summed E-state index contributed by atoms with van der Waals surface area (Å²) in [5.41, 5.74) is -1.22. The number of sulfonamides is 2. The van der Waals surface area contributed by atoms with Gasteiger partial charge in [0, 0.05) is 79.5 Å². The summed E-state index contributed by atoms with van der Waals surface area (Å²) >= 11 is 7.19. The van der Waals surface area contributed by atoms with Crippen LogP contribution in [0.4, 0.5) is 58.6 Å². The second kappa shape index (κ2) is 28.5. The fourth-order valence-electron chi connectivity index (χ4n) is 6.72. The van der Waals surface area contributed by atoms with Gasteiger partial charge in [0.2, 0.25) is 10.3 Å². The third-order valence-electron chi connectivity index (χ3n) is 10.5. The molecule has 1 N–H and O–H groups in total. The number of hydrogen-bond acceptors (Lipinski definition) is 16. The zero-order chi connectivity index (χ0) is 59.8. The van der Waals surface area contributed by atoms with Crippen molar-refractivity contribution in [1.29, 1.82) is 0 Å². The van der Waals surface area contributed by atoms with Crippen LogP contribution in [0.2, 0.25) is 0 Å². The van der Waals surface area contributed by atoms with Gasteiger partial charge in [-0.05, 0) is 60.7 Å². The molecule has 0 amide bonds. The number of phenols is 1. The van der Waals surface area contributed by atoms with E-state index in [1.165, 1.54) is 46.6 Å². The molecule has 0 unspecified atom stereocenters. The van der Waals surface area contributed by atoms with E-state index in [2.05, 4.69) is 50.6 Å². The summed E-state index contributed by atoms with van der Waals surface area (Å²) in [4.78, 5) is 5.68. The molecule has 8 rings (SSSR count). The number of nitrogens with zero attached hydrogens (tertiary/aromatic N) is 6. The maximum atomic E-state index is 15.2. The predicted molar refractivity (Wildman–Crippen MR) is 292 cm³/mol. The number of phenolic OH excluding ortho intramolecular Hbond substituents is 1. The topological polar surface area (TPSA) is 193 Å². The molecule has 0 saturated carbocycles. The van der Waals surface area contributed by atoms with Crippen molar-refractivity contribution in [3.8, 4) is 40.2 Å². The van der Waals surface area contributed by atoms with Crippen LogP contribution in [0.5, 0.6) is 40.2 Å². The Balaban J connectivity index is 0.000000300. The van der Waals surface area contributed by atoms with E-state index in [9.17, 15) is 56.3 Å². The van der Waals surface area contributed by atoms with Gasteiger partial charge in [-0.1, -0.05) is 46.7 Å². The molecule has 33 heteroatoms. The van der Waals surface area contributed by atoms with Gasteiger partial charge in [-0.3, -0.25) is 0 Å². The number of alkyl halides is 6. The molecule has 0 aliphatic heterocycles. The minimum absolute atomic E-state index is 0. The Bertz CT molecular complexity index is 3720. The molecule has 8 aromatic rings. The Kier molecular flexibility index (Phi) is 23.5. The second-order valence-electron chi connectivity index (χ2n) is 15.7. The van der Waals surface area contributed by atoms with Crippen LogP contribution < -0.4 is 32.3 Å². The Morgan fingerprint density at radius 3 is 1.34 bits per heavy atom. The van der Waals surface area contributed by atoms with Crippen LogP contribution in [0.3, 0.4) is 0 Å². The molecule has 448 valence electrons. The highest BCUT2D eigenvalue weighted by Gasteiger charge is 2.36. The van der Waals surface area contributed by atoms with Crippen molar-refractivity contribution in [3.63, 3.8) is 0 Å². The number of rotatable bonds is 16. The smallest absolute Gasteiger partial charge is 0.416 e. The van der Waals surface area contributed by atoms with E-state index in [-0.39, 0.29) is 52.4 Å². The van der Waals surface area contributed by atoms with E-state index in [0.29, 0.717) is 70.2 Å². The molecule has 0 aliphatic rings. The number of benzene rings is 6. The van der Waals surface area contributed by atoms with Crippen molar-refractivity contribution in [2.75, 3.05) is 37.0 Å². The summed E-state index contributed by atoms with van der Waals surface area (Å²) in [6, 6.07) is 15.8. The van der Waals surface area contributed by atoms with Gasteiger partial charge in [0.1, 0.15) is 68.6 Å². The lowest BCUT2D eigenvalue weighted by Crippen LogP contribution is -2.31. The summed E-state index contributed by atoms with van der Waals surface area (Å²) in [5.74, 6) is -7.41. The summed E-state index contributed by atoms with van der Waals surface area (Å²) in [6.45, 7) is -0.731. The predicted octanol–water partition coefficient (Wildman–Crippen LogP) is 14.6. The van der Waals surface area contributed by atoms with Crippen molar-refractivity contribution in [3.05, 3.63) is 170 Å². The van der Waals surface area contributed by atoms with Gasteiger partial charge in [-0.25, -0.2) is 57.4 Å². The maximum Gasteiger partial charge on any atom is 0.416 e. The Labute approximate surface area is 492 Å². The van der Waals surface area contributed by atoms with Gasteiger partial charge in [-0.15, -0.1) is 0 Å². The van der Waals surface area contributed by atoms with Crippen molar-refractivity contribution in [1.82, 2.24) is 18.7 Å². The highest BCUT2D eigenvalue weighted by molar-refractivity contribution is 9.10. The first-order valence-electron chi connectivity index (χ1n) is 21.8. The molecule has 0 aliphatic carbocycles. The number of aromatic hydroxyl groups is 1. The standard InChI is InChI=1S/C24H17BrF5N3O5S2.C17H14F3N3O4S2.C7H4BrF3O.2CH4/c1-36-16-4-3-13(20(8-16)37-2)11-33(23-31-12-32-39-23)40(34,35)22-10-18(26)21(9-19(22)27)38-17-6-14(24(28,29)30)5-15(25)7-17;1-26-11-4-3-10(15(5-11)27-2)8-23(17-21-9-22-28-17)29(24,25)16-7-13(19)12(18)6-14(16)20;8-5-1-4(7(9,10)11)2-6(12)3-5;;/h3-10,12H,11H2,1-2H3;3-7,9H,8H2,1-2H3;1-3,12H;2*1H4. The first kappa shape index (κ1) is 68.4. The first-order valence-corrected chi connectivity index (χ1v) is 27.8. The second-order valence-corrected chi connectivity index (χ2v) is 22.7. The molecular formula is C50H43Br2F11N6O10S4. The molecule has 2 heterocycles. The Morgan fingerprint density at radius 1 is 0.506 bits per heavy atom. The summed E-state index contributed by atoms with van der Waals surface area (Å²) in [7, 11) is -3.83. The quantitative estimate of drug-likeness (QED) is 0.0709. The largest absolute Gasteiger partial charge is 0.508 e. The highest BCUT2D eigenvalue weighted by atomic mass is 79.9.